The van der Waals surface area contributed by atoms with Crippen LogP contribution in [0, 0.1) is 0 Å². The largest absolute Gasteiger partial charge is 0.508 e. The maximum absolute atomic E-state index is 9.29. The molecule has 0 spiro atoms. The van der Waals surface area contributed by atoms with Crippen LogP contribution in [0.1, 0.15) is 36.5 Å². The van der Waals surface area contributed by atoms with E-state index in [1.54, 1.807) is 12.1 Å². The summed E-state index contributed by atoms with van der Waals surface area (Å²) in [5, 5.41) is 9.29. The van der Waals surface area contributed by atoms with Gasteiger partial charge in [-0.2, -0.15) is 0 Å². The first-order valence-corrected chi connectivity index (χ1v) is 6.55. The van der Waals surface area contributed by atoms with Gasteiger partial charge in [-0.3, -0.25) is 0 Å². The monoisotopic (exact) mass is 240 g/mol. The van der Waals surface area contributed by atoms with Crippen LogP contribution in [0.25, 0.3) is 0 Å². The van der Waals surface area contributed by atoms with Crippen LogP contribution in [0.5, 0.6) is 5.75 Å². The highest BCUT2D eigenvalue weighted by Gasteiger charge is 2.06. The van der Waals surface area contributed by atoms with Crippen LogP contribution in [0.2, 0.25) is 0 Å². The lowest BCUT2D eigenvalue weighted by Gasteiger charge is -2.12. The summed E-state index contributed by atoms with van der Waals surface area (Å²) in [6, 6.07) is 16.4. The first-order chi connectivity index (χ1) is 8.69. The van der Waals surface area contributed by atoms with Crippen molar-refractivity contribution in [3.8, 4) is 5.75 Å². The van der Waals surface area contributed by atoms with E-state index in [1.807, 2.05) is 12.1 Å². The average molecular weight is 240 g/mol. The Bertz CT molecular complexity index is 482. The van der Waals surface area contributed by atoms with Crippen LogP contribution >= 0.6 is 0 Å². The number of hydrogen-bond acceptors (Lipinski definition) is 1. The quantitative estimate of drug-likeness (QED) is 0.844. The van der Waals surface area contributed by atoms with Crippen LogP contribution in [0.4, 0.5) is 0 Å². The normalized spacial score (nSPS) is 12.3. The van der Waals surface area contributed by atoms with Gasteiger partial charge >= 0.3 is 0 Å². The van der Waals surface area contributed by atoms with Gasteiger partial charge < -0.3 is 5.11 Å². The van der Waals surface area contributed by atoms with E-state index in [0.717, 1.165) is 12.8 Å². The number of phenols is 1. The molecule has 0 aromatic heterocycles. The molecule has 2 aromatic rings. The third kappa shape index (κ3) is 3.13. The Labute approximate surface area is 109 Å². The summed E-state index contributed by atoms with van der Waals surface area (Å²) in [4.78, 5) is 0. The standard InChI is InChI=1S/C17H20O/c1-3-14-4-6-15(7-5-14)12-13(2)16-8-10-17(18)11-9-16/h4-11,13,18H,3,12H2,1-2H3. The molecule has 1 atom stereocenters. The number of aromatic hydroxyl groups is 1. The maximum atomic E-state index is 9.29. The molecule has 0 fully saturated rings. The highest BCUT2D eigenvalue weighted by molar-refractivity contribution is 5.30. The molecule has 0 radical (unpaired) electrons. The van der Waals surface area contributed by atoms with Gasteiger partial charge in [0.2, 0.25) is 0 Å². The fourth-order valence-corrected chi connectivity index (χ4v) is 2.19. The van der Waals surface area contributed by atoms with Gasteiger partial charge in [0.05, 0.1) is 0 Å². The average Bonchev–Trinajstić information content (AvgIpc) is 2.40. The summed E-state index contributed by atoms with van der Waals surface area (Å²) < 4.78 is 0. The van der Waals surface area contributed by atoms with E-state index in [4.69, 9.17) is 0 Å². The van der Waals surface area contributed by atoms with Gasteiger partial charge in [0.1, 0.15) is 5.75 Å². The molecular formula is C17H20O. The van der Waals surface area contributed by atoms with Gasteiger partial charge in [-0.15, -0.1) is 0 Å². The molecule has 1 unspecified atom stereocenters. The van der Waals surface area contributed by atoms with Crippen molar-refractivity contribution in [2.45, 2.75) is 32.6 Å². The molecule has 1 nitrogen and oxygen atoms in total. The van der Waals surface area contributed by atoms with E-state index >= 15 is 0 Å². The highest BCUT2D eigenvalue weighted by atomic mass is 16.3. The summed E-state index contributed by atoms with van der Waals surface area (Å²) in [5.74, 6) is 0.802. The van der Waals surface area contributed by atoms with Gasteiger partial charge in [0.25, 0.3) is 0 Å². The molecule has 0 saturated heterocycles. The lowest BCUT2D eigenvalue weighted by molar-refractivity contribution is 0.475. The van der Waals surface area contributed by atoms with E-state index in [9.17, 15) is 5.11 Å². The van der Waals surface area contributed by atoms with Gasteiger partial charge in [0.15, 0.2) is 0 Å². The molecule has 0 aliphatic carbocycles. The van der Waals surface area contributed by atoms with Crippen LogP contribution < -0.4 is 0 Å². The SMILES string of the molecule is CCc1ccc(CC(C)c2ccc(O)cc2)cc1. The van der Waals surface area contributed by atoms with Crippen molar-refractivity contribution >= 4 is 0 Å². The molecule has 18 heavy (non-hydrogen) atoms. The van der Waals surface area contributed by atoms with Crippen LogP contribution in [0.3, 0.4) is 0 Å². The predicted molar refractivity (Wildman–Crippen MR) is 76.0 cm³/mol. The number of rotatable bonds is 4. The van der Waals surface area contributed by atoms with Crippen molar-refractivity contribution in [2.24, 2.45) is 0 Å². The number of aryl methyl sites for hydroxylation is 1. The summed E-state index contributed by atoms with van der Waals surface area (Å²) >= 11 is 0. The molecule has 94 valence electrons. The Morgan fingerprint density at radius 2 is 1.44 bits per heavy atom. The lowest BCUT2D eigenvalue weighted by atomic mass is 9.93. The highest BCUT2D eigenvalue weighted by Crippen LogP contribution is 2.22. The van der Waals surface area contributed by atoms with Crippen LogP contribution in [-0.4, -0.2) is 5.11 Å². The number of benzene rings is 2. The van der Waals surface area contributed by atoms with Crippen molar-refractivity contribution < 1.29 is 5.11 Å². The minimum absolute atomic E-state index is 0.332. The Balaban J connectivity index is 2.05. The fourth-order valence-electron chi connectivity index (χ4n) is 2.19. The number of hydrogen-bond donors (Lipinski definition) is 1. The van der Waals surface area contributed by atoms with Crippen molar-refractivity contribution in [3.63, 3.8) is 0 Å². The summed E-state index contributed by atoms with van der Waals surface area (Å²) in [5.41, 5.74) is 4.02. The first kappa shape index (κ1) is 12.7. The minimum atomic E-state index is 0.332. The zero-order valence-corrected chi connectivity index (χ0v) is 11.1. The van der Waals surface area contributed by atoms with Gasteiger partial charge in [-0.05, 0) is 47.6 Å². The van der Waals surface area contributed by atoms with E-state index in [1.165, 1.54) is 16.7 Å². The van der Waals surface area contributed by atoms with Crippen molar-refractivity contribution in [2.75, 3.05) is 0 Å². The Kier molecular flexibility index (Phi) is 4.03. The lowest BCUT2D eigenvalue weighted by Crippen LogP contribution is -1.98. The second-order valence-electron chi connectivity index (χ2n) is 4.87. The summed E-state index contributed by atoms with van der Waals surface area (Å²) in [6.45, 7) is 4.40. The molecule has 2 rings (SSSR count). The van der Waals surface area contributed by atoms with E-state index < -0.39 is 0 Å². The second kappa shape index (κ2) is 5.72. The smallest absolute Gasteiger partial charge is 0.115 e. The second-order valence-corrected chi connectivity index (χ2v) is 4.87. The van der Waals surface area contributed by atoms with Crippen molar-refractivity contribution in [1.29, 1.82) is 0 Å². The van der Waals surface area contributed by atoms with E-state index in [0.29, 0.717) is 11.7 Å². The molecule has 0 aliphatic rings. The third-order valence-electron chi connectivity index (χ3n) is 3.44. The van der Waals surface area contributed by atoms with Crippen molar-refractivity contribution in [3.05, 3.63) is 65.2 Å². The zero-order valence-electron chi connectivity index (χ0n) is 11.1. The van der Waals surface area contributed by atoms with Crippen molar-refractivity contribution in [1.82, 2.24) is 0 Å². The topological polar surface area (TPSA) is 20.2 Å². The maximum Gasteiger partial charge on any atom is 0.115 e. The molecule has 0 aliphatic heterocycles. The minimum Gasteiger partial charge on any atom is -0.508 e. The summed E-state index contributed by atoms with van der Waals surface area (Å²) in [7, 11) is 0. The van der Waals surface area contributed by atoms with Crippen LogP contribution in [-0.2, 0) is 12.8 Å². The van der Waals surface area contributed by atoms with Gasteiger partial charge in [0, 0.05) is 0 Å². The van der Waals surface area contributed by atoms with Crippen LogP contribution in [0.15, 0.2) is 48.5 Å². The van der Waals surface area contributed by atoms with Gasteiger partial charge in [-0.1, -0.05) is 50.2 Å². The Morgan fingerprint density at radius 1 is 0.889 bits per heavy atom. The van der Waals surface area contributed by atoms with Gasteiger partial charge in [-0.25, -0.2) is 0 Å². The molecule has 0 saturated carbocycles. The molecular weight excluding hydrogens is 220 g/mol. The Hall–Kier alpha value is -1.76. The Morgan fingerprint density at radius 3 is 2.00 bits per heavy atom. The zero-order chi connectivity index (χ0) is 13.0. The molecule has 0 bridgehead atoms. The third-order valence-corrected chi connectivity index (χ3v) is 3.44. The first-order valence-electron chi connectivity index (χ1n) is 6.55. The summed E-state index contributed by atoms with van der Waals surface area (Å²) in [6.07, 6.45) is 2.13. The molecule has 1 N–H and O–H groups in total. The molecule has 0 heterocycles. The fraction of sp³-hybridized carbons (Fsp3) is 0.294. The molecule has 1 heteroatoms. The predicted octanol–water partition coefficient (Wildman–Crippen LogP) is 4.30. The molecule has 0 amide bonds. The van der Waals surface area contributed by atoms with E-state index in [-0.39, 0.29) is 0 Å². The molecule has 2 aromatic carbocycles. The number of phenolic OH excluding ortho intramolecular Hbond substituents is 1. The van der Waals surface area contributed by atoms with E-state index in [2.05, 4.69) is 38.1 Å².